The van der Waals surface area contributed by atoms with Crippen molar-refractivity contribution in [3.05, 3.63) is 134 Å². The topological polar surface area (TPSA) is 93.4 Å². The summed E-state index contributed by atoms with van der Waals surface area (Å²) in [5, 5.41) is 10.9. The molecule has 0 aromatic heterocycles. The summed E-state index contributed by atoms with van der Waals surface area (Å²) >= 11 is 6.92. The number of phenols is 1. The minimum atomic E-state index is -4.71. The number of halogens is 2. The first-order valence-electron chi connectivity index (χ1n) is 13.0. The summed E-state index contributed by atoms with van der Waals surface area (Å²) < 4.78 is 39.1. The van der Waals surface area contributed by atoms with Crippen LogP contribution in [0.3, 0.4) is 0 Å². The van der Waals surface area contributed by atoms with Gasteiger partial charge < -0.3 is 5.11 Å². The van der Waals surface area contributed by atoms with Crippen LogP contribution in [0.2, 0.25) is 0 Å². The lowest BCUT2D eigenvalue weighted by atomic mass is 9.95. The quantitative estimate of drug-likeness (QED) is 0.177. The highest BCUT2D eigenvalue weighted by atomic mass is 79.9. The molecular formula is C31H29Br2N3O4S. The van der Waals surface area contributed by atoms with Crippen LogP contribution in [0, 0.1) is 0 Å². The molecule has 0 radical (unpaired) electrons. The van der Waals surface area contributed by atoms with Crippen LogP contribution in [-0.2, 0) is 16.8 Å². The molecule has 7 nitrogen and oxygen atoms in total. The molecule has 0 saturated carbocycles. The number of aliphatic imine (C=N–C) groups is 1. The maximum Gasteiger partial charge on any atom is 0.361 e. The number of hydrogen-bond donors (Lipinski definition) is 2. The Morgan fingerprint density at radius 1 is 0.878 bits per heavy atom. The molecule has 2 N–H and O–H groups in total. The van der Waals surface area contributed by atoms with E-state index in [0.29, 0.717) is 15.6 Å². The van der Waals surface area contributed by atoms with Gasteiger partial charge in [-0.1, -0.05) is 107 Å². The van der Waals surface area contributed by atoms with E-state index < -0.39 is 22.4 Å². The van der Waals surface area contributed by atoms with Crippen LogP contribution in [-0.4, -0.2) is 39.7 Å². The van der Waals surface area contributed by atoms with Crippen molar-refractivity contribution in [1.29, 1.82) is 0 Å². The van der Waals surface area contributed by atoms with Crippen LogP contribution in [0.25, 0.3) is 0 Å². The van der Waals surface area contributed by atoms with Crippen molar-refractivity contribution < 1.29 is 18.1 Å². The molecule has 5 rings (SSSR count). The normalized spacial score (nSPS) is 18.0. The lowest BCUT2D eigenvalue weighted by molar-refractivity contribution is 0.223. The standard InChI is InChI=1S/C31H29Br2N3O4S/c1-21(22-11-5-2-6-12-22)35(19-25-17-26(32)18-27(33)31(25)37)20-28-34-29(23-13-7-3-8-14-23)30(36(28)41(38,39)40)24-15-9-4-10-16-24/h2-18,21,29-30,37H,19-20H2,1H3,(H,38,39,40)/t21-,29-,30-/m0/s1. The predicted molar refractivity (Wildman–Crippen MR) is 168 cm³/mol. The third kappa shape index (κ3) is 6.57. The molecule has 4 aromatic rings. The van der Waals surface area contributed by atoms with E-state index in [0.717, 1.165) is 19.9 Å². The van der Waals surface area contributed by atoms with E-state index in [-0.39, 0.29) is 30.7 Å². The molecular weight excluding hydrogens is 670 g/mol. The summed E-state index contributed by atoms with van der Waals surface area (Å²) in [5.74, 6) is 0.314. The Balaban J connectivity index is 1.61. The molecule has 0 fully saturated rings. The minimum absolute atomic E-state index is 0.0894. The summed E-state index contributed by atoms with van der Waals surface area (Å²) in [6.45, 7) is 2.40. The second-order valence-corrected chi connectivity index (χ2v) is 13.0. The number of hydrogen-bond acceptors (Lipinski definition) is 5. The van der Waals surface area contributed by atoms with Gasteiger partial charge in [-0.2, -0.15) is 8.42 Å². The molecule has 1 aliphatic heterocycles. The molecule has 1 heterocycles. The van der Waals surface area contributed by atoms with Gasteiger partial charge in [0.15, 0.2) is 0 Å². The van der Waals surface area contributed by atoms with Crippen molar-refractivity contribution in [3.8, 4) is 5.75 Å². The molecule has 4 aromatic carbocycles. The average molecular weight is 699 g/mol. The molecule has 3 atom stereocenters. The zero-order chi connectivity index (χ0) is 29.1. The van der Waals surface area contributed by atoms with Gasteiger partial charge in [-0.25, -0.2) is 4.31 Å². The van der Waals surface area contributed by atoms with E-state index in [1.54, 1.807) is 6.07 Å². The highest BCUT2D eigenvalue weighted by molar-refractivity contribution is 9.11. The van der Waals surface area contributed by atoms with Crippen LogP contribution in [0.4, 0.5) is 0 Å². The highest BCUT2D eigenvalue weighted by Crippen LogP contribution is 2.44. The largest absolute Gasteiger partial charge is 0.506 e. The van der Waals surface area contributed by atoms with Crippen LogP contribution in [0.15, 0.2) is 117 Å². The third-order valence-corrected chi connectivity index (χ3v) is 9.28. The predicted octanol–water partition coefficient (Wildman–Crippen LogP) is 7.48. The van der Waals surface area contributed by atoms with Gasteiger partial charge in [0.2, 0.25) is 0 Å². The molecule has 1 aliphatic rings. The van der Waals surface area contributed by atoms with E-state index in [1.165, 1.54) is 0 Å². The number of phenolic OH excluding ortho intramolecular Hbond substituents is 1. The molecule has 212 valence electrons. The van der Waals surface area contributed by atoms with Crippen molar-refractivity contribution in [3.63, 3.8) is 0 Å². The maximum atomic E-state index is 13.1. The van der Waals surface area contributed by atoms with E-state index in [4.69, 9.17) is 4.99 Å². The average Bonchev–Trinajstić information content (AvgIpc) is 3.36. The maximum absolute atomic E-state index is 13.1. The van der Waals surface area contributed by atoms with Gasteiger partial charge in [0.05, 0.1) is 11.0 Å². The van der Waals surface area contributed by atoms with E-state index in [2.05, 4.69) is 31.9 Å². The van der Waals surface area contributed by atoms with Crippen LogP contribution in [0.5, 0.6) is 5.75 Å². The number of amidine groups is 1. The molecule has 0 saturated heterocycles. The number of rotatable bonds is 9. The van der Waals surface area contributed by atoms with Gasteiger partial charge >= 0.3 is 10.3 Å². The number of nitrogens with zero attached hydrogens (tertiary/aromatic N) is 3. The van der Waals surface area contributed by atoms with E-state index in [9.17, 15) is 18.1 Å². The summed E-state index contributed by atoms with van der Waals surface area (Å²) in [4.78, 5) is 7.00. The van der Waals surface area contributed by atoms with Crippen LogP contribution < -0.4 is 0 Å². The van der Waals surface area contributed by atoms with Crippen LogP contribution in [0.1, 0.15) is 47.3 Å². The zero-order valence-electron chi connectivity index (χ0n) is 22.2. The zero-order valence-corrected chi connectivity index (χ0v) is 26.2. The van der Waals surface area contributed by atoms with Gasteiger partial charge in [0, 0.05) is 22.6 Å². The molecule has 10 heteroatoms. The number of aromatic hydroxyl groups is 1. The Kier molecular flexibility index (Phi) is 8.96. The second-order valence-electron chi connectivity index (χ2n) is 9.92. The van der Waals surface area contributed by atoms with E-state index >= 15 is 0 Å². The van der Waals surface area contributed by atoms with Crippen molar-refractivity contribution in [2.45, 2.75) is 31.6 Å². The Bertz CT molecular complexity index is 1640. The molecule has 41 heavy (non-hydrogen) atoms. The van der Waals surface area contributed by atoms with Gasteiger partial charge in [-0.05, 0) is 51.7 Å². The molecule has 0 aliphatic carbocycles. The fourth-order valence-electron chi connectivity index (χ4n) is 5.25. The fraction of sp³-hybridized carbons (Fsp3) is 0.194. The van der Waals surface area contributed by atoms with Crippen molar-refractivity contribution in [1.82, 2.24) is 9.21 Å². The van der Waals surface area contributed by atoms with Crippen molar-refractivity contribution in [2.24, 2.45) is 4.99 Å². The molecule has 0 unspecified atom stereocenters. The third-order valence-electron chi connectivity index (χ3n) is 7.28. The second kappa shape index (κ2) is 12.5. The summed E-state index contributed by atoms with van der Waals surface area (Å²) in [6, 6.07) is 30.7. The lowest BCUT2D eigenvalue weighted by Crippen LogP contribution is -2.43. The Morgan fingerprint density at radius 2 is 1.44 bits per heavy atom. The van der Waals surface area contributed by atoms with Crippen molar-refractivity contribution in [2.75, 3.05) is 6.54 Å². The first-order valence-corrected chi connectivity index (χ1v) is 16.0. The van der Waals surface area contributed by atoms with Gasteiger partial charge in [0.1, 0.15) is 23.7 Å². The smallest absolute Gasteiger partial charge is 0.361 e. The lowest BCUT2D eigenvalue weighted by Gasteiger charge is -2.33. The van der Waals surface area contributed by atoms with Crippen LogP contribution >= 0.6 is 31.9 Å². The first-order chi connectivity index (χ1) is 19.6. The summed E-state index contributed by atoms with van der Waals surface area (Å²) in [5.41, 5.74) is 3.21. The number of benzene rings is 4. The van der Waals surface area contributed by atoms with E-state index in [1.807, 2.05) is 109 Å². The van der Waals surface area contributed by atoms with Gasteiger partial charge in [0.25, 0.3) is 0 Å². The molecule has 0 bridgehead atoms. The molecule has 0 spiro atoms. The van der Waals surface area contributed by atoms with Gasteiger partial charge in [-0.3, -0.25) is 14.4 Å². The SMILES string of the molecule is C[C@@H](c1ccccc1)N(CC1=N[C@@H](c2ccccc2)[C@H](c2ccccc2)N1S(=O)(=O)O)Cc1cc(Br)cc(Br)c1O. The van der Waals surface area contributed by atoms with Crippen molar-refractivity contribution >= 4 is 48.0 Å². The Labute approximate surface area is 257 Å². The Hall–Kier alpha value is -3.02. The molecule has 0 amide bonds. The minimum Gasteiger partial charge on any atom is -0.506 e. The monoisotopic (exact) mass is 697 g/mol. The Morgan fingerprint density at radius 3 is 2.02 bits per heavy atom. The fourth-order valence-corrected chi connectivity index (χ4v) is 7.46. The summed E-state index contributed by atoms with van der Waals surface area (Å²) in [7, 11) is -4.71. The first kappa shape index (κ1) is 29.5. The highest BCUT2D eigenvalue weighted by Gasteiger charge is 2.44. The summed E-state index contributed by atoms with van der Waals surface area (Å²) in [6.07, 6.45) is 0. The van der Waals surface area contributed by atoms with Gasteiger partial charge in [-0.15, -0.1) is 0 Å².